The number of amides is 3. The summed E-state index contributed by atoms with van der Waals surface area (Å²) in [5.74, 6) is 1.39. The zero-order chi connectivity index (χ0) is 32.4. The SMILES string of the molecule is N/C(=C\N(N)c1ccc(CCCC(=O)NCCCC[C@H](NC(=O)N(O)C(CCC(=O)O)C(=O)O)C(=O)O)cc1)CCCF. The maximum atomic E-state index is 12.3. The second-order valence-electron chi connectivity index (χ2n) is 9.74. The summed E-state index contributed by atoms with van der Waals surface area (Å²) >= 11 is 0. The van der Waals surface area contributed by atoms with Crippen LogP contribution in [0.5, 0.6) is 0 Å². The molecule has 0 heterocycles. The van der Waals surface area contributed by atoms with Gasteiger partial charge in [0.25, 0.3) is 0 Å². The molecular weight excluding hydrogens is 571 g/mol. The number of carbonyl (C=O) groups excluding carboxylic acids is 2. The van der Waals surface area contributed by atoms with Crippen LogP contribution in [0.3, 0.4) is 0 Å². The summed E-state index contributed by atoms with van der Waals surface area (Å²) in [6, 6.07) is 2.67. The predicted molar refractivity (Wildman–Crippen MR) is 152 cm³/mol. The number of anilines is 1. The summed E-state index contributed by atoms with van der Waals surface area (Å²) in [5.41, 5.74) is 7.98. The number of hydrogen-bond acceptors (Lipinski definition) is 9. The van der Waals surface area contributed by atoms with Crippen LogP contribution in [0.2, 0.25) is 0 Å². The highest BCUT2D eigenvalue weighted by Gasteiger charge is 2.31. The highest BCUT2D eigenvalue weighted by Crippen LogP contribution is 2.16. The van der Waals surface area contributed by atoms with Crippen LogP contribution in [0.4, 0.5) is 14.9 Å². The Morgan fingerprint density at radius 2 is 1.58 bits per heavy atom. The van der Waals surface area contributed by atoms with Gasteiger partial charge in [-0.25, -0.2) is 20.2 Å². The van der Waals surface area contributed by atoms with Crippen LogP contribution in [0.1, 0.15) is 63.4 Å². The average molecular weight is 613 g/mol. The Kier molecular flexibility index (Phi) is 16.7. The number of hydrogen-bond donors (Lipinski definition) is 8. The van der Waals surface area contributed by atoms with Crippen molar-refractivity contribution in [2.45, 2.75) is 76.3 Å². The number of nitrogens with one attached hydrogen (secondary N) is 2. The van der Waals surface area contributed by atoms with Crippen molar-refractivity contribution < 1.29 is 48.9 Å². The molecule has 0 saturated heterocycles. The molecule has 16 heteroatoms. The number of carboxylic acids is 3. The minimum atomic E-state index is -1.87. The fraction of sp³-hybridized carbons (Fsp3) is 0.519. The number of carbonyl (C=O) groups is 5. The second kappa shape index (κ2) is 19.6. The normalized spacial score (nSPS) is 12.6. The first-order chi connectivity index (χ1) is 20.3. The van der Waals surface area contributed by atoms with Gasteiger partial charge in [-0.2, -0.15) is 5.06 Å². The van der Waals surface area contributed by atoms with Crippen LogP contribution in [0, 0.1) is 0 Å². The van der Waals surface area contributed by atoms with Gasteiger partial charge in [-0.15, -0.1) is 0 Å². The summed E-state index contributed by atoms with van der Waals surface area (Å²) in [6.45, 7) is -0.185. The van der Waals surface area contributed by atoms with Gasteiger partial charge in [0.1, 0.15) is 6.04 Å². The van der Waals surface area contributed by atoms with Crippen LogP contribution >= 0.6 is 0 Å². The summed E-state index contributed by atoms with van der Waals surface area (Å²) in [7, 11) is 0. The van der Waals surface area contributed by atoms with Crippen molar-refractivity contribution in [2.75, 3.05) is 18.2 Å². The molecule has 0 spiro atoms. The lowest BCUT2D eigenvalue weighted by Crippen LogP contribution is -2.52. The Labute approximate surface area is 248 Å². The molecule has 1 unspecified atom stereocenters. The average Bonchev–Trinajstić information content (AvgIpc) is 2.94. The third-order valence-electron chi connectivity index (χ3n) is 6.27. The molecule has 0 aromatic heterocycles. The summed E-state index contributed by atoms with van der Waals surface area (Å²) in [4.78, 5) is 57.7. The summed E-state index contributed by atoms with van der Waals surface area (Å²) in [6.07, 6.45) is 3.19. The number of nitrogens with zero attached hydrogens (tertiary/aromatic N) is 2. The molecule has 15 nitrogen and oxygen atoms in total. The van der Waals surface area contributed by atoms with E-state index in [0.717, 1.165) is 5.56 Å². The van der Waals surface area contributed by atoms with E-state index in [0.29, 0.717) is 43.5 Å². The van der Waals surface area contributed by atoms with E-state index >= 15 is 0 Å². The van der Waals surface area contributed by atoms with Gasteiger partial charge >= 0.3 is 23.9 Å². The van der Waals surface area contributed by atoms with Gasteiger partial charge in [-0.3, -0.25) is 24.2 Å². The smallest absolute Gasteiger partial charge is 0.342 e. The van der Waals surface area contributed by atoms with E-state index in [9.17, 15) is 38.7 Å². The molecule has 0 aliphatic rings. The molecule has 0 bridgehead atoms. The van der Waals surface area contributed by atoms with Gasteiger partial charge in [0.15, 0.2) is 6.04 Å². The van der Waals surface area contributed by atoms with Crippen LogP contribution in [0.25, 0.3) is 0 Å². The number of halogens is 1. The fourth-order valence-corrected chi connectivity index (χ4v) is 3.89. The van der Waals surface area contributed by atoms with E-state index < -0.39 is 55.5 Å². The fourth-order valence-electron chi connectivity index (χ4n) is 3.89. The molecule has 240 valence electrons. The van der Waals surface area contributed by atoms with E-state index in [2.05, 4.69) is 5.32 Å². The Bertz CT molecular complexity index is 1100. The molecule has 0 fully saturated rings. The highest BCUT2D eigenvalue weighted by atomic mass is 19.1. The zero-order valence-electron chi connectivity index (χ0n) is 23.8. The van der Waals surface area contributed by atoms with Crippen molar-refractivity contribution in [3.05, 3.63) is 41.7 Å². The van der Waals surface area contributed by atoms with E-state index in [-0.39, 0.29) is 36.8 Å². The highest BCUT2D eigenvalue weighted by molar-refractivity contribution is 5.85. The van der Waals surface area contributed by atoms with Crippen LogP contribution in [-0.4, -0.2) is 80.7 Å². The molecule has 2 atom stereocenters. The molecule has 1 aromatic rings. The largest absolute Gasteiger partial charge is 0.481 e. The standard InChI is InChI=1S/C27H41FN6O9/c28-15-4-6-19(29)17-33(30)20-11-9-18(10-12-20)5-3-8-23(35)31-16-2-1-7-21(25(38)39)32-27(42)34(43)22(26(40)41)13-14-24(36)37/h9-12,17,21-22,43H,1-8,13-16,29-30H2,(H,31,35)(H,32,42)(H,36,37)(H,38,39)(H,40,41)/b19-17-/t21-,22?/m0/s1. The van der Waals surface area contributed by atoms with E-state index in [1.54, 1.807) is 6.20 Å². The molecule has 0 aliphatic carbocycles. The van der Waals surface area contributed by atoms with E-state index in [4.69, 9.17) is 21.8 Å². The van der Waals surface area contributed by atoms with Crippen LogP contribution in [0.15, 0.2) is 36.2 Å². The molecule has 0 saturated carbocycles. The van der Waals surface area contributed by atoms with Crippen LogP contribution < -0.4 is 27.2 Å². The lowest BCUT2D eigenvalue weighted by molar-refractivity contribution is -0.158. The number of aliphatic carboxylic acids is 3. The van der Waals surface area contributed by atoms with Crippen molar-refractivity contribution in [3.63, 3.8) is 0 Å². The molecule has 0 radical (unpaired) electrons. The third-order valence-corrected chi connectivity index (χ3v) is 6.27. The molecule has 3 amide bonds. The Morgan fingerprint density at radius 1 is 0.907 bits per heavy atom. The van der Waals surface area contributed by atoms with Crippen molar-refractivity contribution in [3.8, 4) is 0 Å². The van der Waals surface area contributed by atoms with Gasteiger partial charge in [-0.1, -0.05) is 12.1 Å². The Balaban J connectivity index is 2.38. The number of urea groups is 1. The number of hydrazine groups is 1. The number of unbranched alkanes of at least 4 members (excludes halogenated alkanes) is 1. The number of carboxylic acid groups (broad SMARTS) is 3. The lowest BCUT2D eigenvalue weighted by atomic mass is 10.1. The van der Waals surface area contributed by atoms with Crippen molar-refractivity contribution in [2.24, 2.45) is 11.6 Å². The van der Waals surface area contributed by atoms with Gasteiger partial charge in [0, 0.05) is 31.3 Å². The number of aryl methyl sites for hydroxylation is 1. The van der Waals surface area contributed by atoms with Crippen LogP contribution in [-0.2, 0) is 25.6 Å². The first kappa shape index (κ1) is 36.6. The number of alkyl halides is 1. The number of allylic oxidation sites excluding steroid dienone is 1. The van der Waals surface area contributed by atoms with Gasteiger partial charge in [0.2, 0.25) is 5.91 Å². The van der Waals surface area contributed by atoms with Gasteiger partial charge < -0.3 is 31.7 Å². The maximum Gasteiger partial charge on any atom is 0.342 e. The lowest BCUT2D eigenvalue weighted by Gasteiger charge is -2.24. The summed E-state index contributed by atoms with van der Waals surface area (Å²) in [5, 5.41) is 43.0. The number of benzene rings is 1. The monoisotopic (exact) mass is 612 g/mol. The number of hydroxylamine groups is 2. The van der Waals surface area contributed by atoms with Crippen molar-refractivity contribution in [1.29, 1.82) is 0 Å². The molecule has 0 aliphatic heterocycles. The van der Waals surface area contributed by atoms with Crippen molar-refractivity contribution >= 4 is 35.5 Å². The Morgan fingerprint density at radius 3 is 2.16 bits per heavy atom. The molecule has 43 heavy (non-hydrogen) atoms. The minimum Gasteiger partial charge on any atom is -0.481 e. The predicted octanol–water partition coefficient (Wildman–Crippen LogP) is 1.70. The third kappa shape index (κ3) is 14.8. The molecule has 1 rings (SSSR count). The quantitative estimate of drug-likeness (QED) is 0.0427. The molecular formula is C27H41FN6O9. The zero-order valence-corrected chi connectivity index (χ0v) is 23.8. The Hall–Kier alpha value is -4.44. The van der Waals surface area contributed by atoms with E-state index in [1.807, 2.05) is 29.6 Å². The topological polar surface area (TPSA) is 249 Å². The van der Waals surface area contributed by atoms with Crippen molar-refractivity contribution in [1.82, 2.24) is 15.7 Å². The van der Waals surface area contributed by atoms with E-state index in [1.165, 1.54) is 5.01 Å². The maximum absolute atomic E-state index is 12.3. The minimum absolute atomic E-state index is 0.0616. The number of nitrogens with two attached hydrogens (primary N) is 2. The second-order valence-corrected chi connectivity index (χ2v) is 9.74. The first-order valence-corrected chi connectivity index (χ1v) is 13.7. The summed E-state index contributed by atoms with van der Waals surface area (Å²) < 4.78 is 12.3. The molecule has 10 N–H and O–H groups in total. The van der Waals surface area contributed by atoms with Gasteiger partial charge in [0.05, 0.1) is 12.4 Å². The first-order valence-electron chi connectivity index (χ1n) is 13.7. The molecule has 1 aromatic carbocycles. The number of rotatable bonds is 21. The van der Waals surface area contributed by atoms with Gasteiger partial charge in [-0.05, 0) is 69.1 Å².